The highest BCUT2D eigenvalue weighted by Gasteiger charge is 2.31. The van der Waals surface area contributed by atoms with E-state index in [2.05, 4.69) is 42.9 Å². The van der Waals surface area contributed by atoms with Crippen LogP contribution in [0.2, 0.25) is 0 Å². The zero-order valence-electron chi connectivity index (χ0n) is 21.4. The van der Waals surface area contributed by atoms with E-state index in [1.165, 1.54) is 17.0 Å². The summed E-state index contributed by atoms with van der Waals surface area (Å²) in [5.41, 5.74) is 3.13. The molecule has 40 heavy (non-hydrogen) atoms. The van der Waals surface area contributed by atoms with E-state index in [1.54, 1.807) is 24.3 Å². The Hall–Kier alpha value is -4.94. The van der Waals surface area contributed by atoms with E-state index >= 15 is 0 Å². The number of tetrazole rings is 1. The van der Waals surface area contributed by atoms with Crippen LogP contribution < -0.4 is 20.3 Å². The van der Waals surface area contributed by atoms with Gasteiger partial charge in [-0.3, -0.25) is 15.0 Å². The van der Waals surface area contributed by atoms with Crippen LogP contribution in [0.15, 0.2) is 72.8 Å². The molecule has 0 aliphatic carbocycles. The molecule has 1 heterocycles. The van der Waals surface area contributed by atoms with Gasteiger partial charge in [-0.25, -0.2) is 4.79 Å². The Morgan fingerprint density at radius 2 is 1.60 bits per heavy atom. The Kier molecular flexibility index (Phi) is 8.94. The number of urea groups is 1. The number of hydrogen-bond acceptors (Lipinski definition) is 6. The van der Waals surface area contributed by atoms with Crippen LogP contribution >= 0.6 is 0 Å². The molecule has 10 nitrogen and oxygen atoms in total. The highest BCUT2D eigenvalue weighted by atomic mass is 19.4. The molecule has 3 aromatic carbocycles. The molecule has 0 unspecified atom stereocenters. The Balaban J connectivity index is 1.50. The van der Waals surface area contributed by atoms with Crippen molar-refractivity contribution in [2.45, 2.75) is 39.1 Å². The first-order valence-corrected chi connectivity index (χ1v) is 12.4. The van der Waals surface area contributed by atoms with E-state index in [-0.39, 0.29) is 18.2 Å². The second kappa shape index (κ2) is 12.7. The van der Waals surface area contributed by atoms with Crippen LogP contribution in [-0.4, -0.2) is 38.9 Å². The van der Waals surface area contributed by atoms with Crippen molar-refractivity contribution in [2.24, 2.45) is 0 Å². The number of unbranched alkanes of at least 4 members (excludes halogenated alkanes) is 1. The summed E-state index contributed by atoms with van der Waals surface area (Å²) < 4.78 is 41.3. The predicted octanol–water partition coefficient (Wildman–Crippen LogP) is 5.93. The minimum absolute atomic E-state index is 0.0392. The lowest BCUT2D eigenvalue weighted by molar-refractivity contribution is -0.274. The van der Waals surface area contributed by atoms with Crippen LogP contribution in [0, 0.1) is 0 Å². The summed E-state index contributed by atoms with van der Waals surface area (Å²) in [5.74, 6) is -0.783. The van der Waals surface area contributed by atoms with E-state index in [1.807, 2.05) is 24.3 Å². The lowest BCUT2D eigenvalue weighted by atomic mass is 10.1. The molecule has 0 saturated carbocycles. The molecule has 4 aromatic rings. The van der Waals surface area contributed by atoms with Crippen molar-refractivity contribution in [3.05, 3.63) is 89.5 Å². The van der Waals surface area contributed by atoms with Gasteiger partial charge in [-0.15, -0.1) is 18.3 Å². The van der Waals surface area contributed by atoms with Crippen LogP contribution in [0.25, 0.3) is 0 Å². The number of benzene rings is 3. The number of amides is 3. The molecule has 4 rings (SSSR count). The van der Waals surface area contributed by atoms with Gasteiger partial charge < -0.3 is 10.1 Å². The number of H-pyrrole nitrogens is 1. The molecule has 0 bridgehead atoms. The largest absolute Gasteiger partial charge is 0.573 e. The first kappa shape index (κ1) is 28.1. The number of anilines is 3. The molecule has 208 valence electrons. The van der Waals surface area contributed by atoms with Crippen molar-refractivity contribution in [3.8, 4) is 5.75 Å². The number of alkyl halides is 3. The number of ether oxygens (including phenoxy) is 1. The monoisotopic (exact) mass is 553 g/mol. The lowest BCUT2D eigenvalue weighted by Crippen LogP contribution is -2.34. The molecule has 0 atom stereocenters. The minimum Gasteiger partial charge on any atom is -0.406 e. The van der Waals surface area contributed by atoms with E-state index in [0.717, 1.165) is 42.5 Å². The van der Waals surface area contributed by atoms with Crippen LogP contribution in [-0.2, 0) is 13.0 Å². The van der Waals surface area contributed by atoms with Crippen molar-refractivity contribution >= 4 is 29.3 Å². The second-order valence-corrected chi connectivity index (χ2v) is 8.74. The average molecular weight is 554 g/mol. The number of aryl methyl sites for hydroxylation is 1. The third-order valence-corrected chi connectivity index (χ3v) is 5.78. The van der Waals surface area contributed by atoms with Gasteiger partial charge in [0.15, 0.2) is 0 Å². The summed E-state index contributed by atoms with van der Waals surface area (Å²) >= 11 is 0. The maximum absolute atomic E-state index is 13.4. The van der Waals surface area contributed by atoms with Gasteiger partial charge >= 0.3 is 12.4 Å². The fourth-order valence-electron chi connectivity index (χ4n) is 3.77. The summed E-state index contributed by atoms with van der Waals surface area (Å²) in [6.45, 7) is 2.27. The molecular weight excluding hydrogens is 527 g/mol. The van der Waals surface area contributed by atoms with Gasteiger partial charge in [-0.2, -0.15) is 5.21 Å². The predicted molar refractivity (Wildman–Crippen MR) is 142 cm³/mol. The number of rotatable bonds is 10. The Morgan fingerprint density at radius 3 is 2.20 bits per heavy atom. The van der Waals surface area contributed by atoms with Gasteiger partial charge in [0.25, 0.3) is 11.9 Å². The third-order valence-electron chi connectivity index (χ3n) is 5.78. The number of nitrogens with one attached hydrogen (secondary N) is 3. The van der Waals surface area contributed by atoms with E-state index in [0.29, 0.717) is 11.3 Å². The Labute approximate surface area is 227 Å². The summed E-state index contributed by atoms with van der Waals surface area (Å²) in [7, 11) is 0. The molecule has 3 N–H and O–H groups in total. The summed E-state index contributed by atoms with van der Waals surface area (Å²) in [6, 6.07) is 18.6. The van der Waals surface area contributed by atoms with Gasteiger partial charge in [0.1, 0.15) is 5.75 Å². The maximum Gasteiger partial charge on any atom is 0.573 e. The Morgan fingerprint density at radius 1 is 0.925 bits per heavy atom. The van der Waals surface area contributed by atoms with Crippen molar-refractivity contribution in [2.75, 3.05) is 15.5 Å². The van der Waals surface area contributed by atoms with Crippen molar-refractivity contribution in [3.63, 3.8) is 0 Å². The minimum atomic E-state index is -4.81. The number of hydrogen-bond donors (Lipinski definition) is 3. The molecule has 1 aromatic heterocycles. The number of nitrogens with zero attached hydrogens (tertiary/aromatic N) is 4. The quantitative estimate of drug-likeness (QED) is 0.224. The van der Waals surface area contributed by atoms with Crippen LogP contribution in [0.4, 0.5) is 35.3 Å². The number of halogens is 3. The SMILES string of the molecule is CCCCc1ccc(N(Cc2ccc(C(=O)Nc3nn[nH]n3)cc2)C(=O)Nc2ccc(OC(F)(F)F)cc2)cc1. The van der Waals surface area contributed by atoms with Gasteiger partial charge in [-0.05, 0) is 77.7 Å². The van der Waals surface area contributed by atoms with Gasteiger partial charge in [-0.1, -0.05) is 42.7 Å². The highest BCUT2D eigenvalue weighted by Crippen LogP contribution is 2.25. The van der Waals surface area contributed by atoms with Crippen LogP contribution in [0.5, 0.6) is 5.75 Å². The van der Waals surface area contributed by atoms with E-state index in [4.69, 9.17) is 0 Å². The molecule has 0 radical (unpaired) electrons. The molecular formula is C27H26F3N7O3. The topological polar surface area (TPSA) is 125 Å². The third kappa shape index (κ3) is 8.03. The normalized spacial score (nSPS) is 11.1. The molecule has 0 aliphatic heterocycles. The molecule has 3 amide bonds. The van der Waals surface area contributed by atoms with Gasteiger partial charge in [0, 0.05) is 16.9 Å². The van der Waals surface area contributed by atoms with Crippen LogP contribution in [0.3, 0.4) is 0 Å². The van der Waals surface area contributed by atoms with Crippen LogP contribution in [0.1, 0.15) is 41.3 Å². The molecule has 0 fully saturated rings. The maximum atomic E-state index is 13.4. The van der Waals surface area contributed by atoms with E-state index < -0.39 is 24.1 Å². The zero-order chi connectivity index (χ0) is 28.5. The van der Waals surface area contributed by atoms with Crippen molar-refractivity contribution in [1.82, 2.24) is 20.6 Å². The number of aromatic amines is 1. The molecule has 0 spiro atoms. The van der Waals surface area contributed by atoms with E-state index in [9.17, 15) is 22.8 Å². The van der Waals surface area contributed by atoms with Crippen molar-refractivity contribution < 1.29 is 27.5 Å². The molecule has 13 heteroatoms. The number of carbonyl (C=O) groups excluding carboxylic acids is 2. The summed E-state index contributed by atoms with van der Waals surface area (Å²) in [4.78, 5) is 27.3. The smallest absolute Gasteiger partial charge is 0.406 e. The average Bonchev–Trinajstić information content (AvgIpc) is 3.44. The summed E-state index contributed by atoms with van der Waals surface area (Å²) in [6.07, 6.45) is -1.78. The van der Waals surface area contributed by atoms with Gasteiger partial charge in [0.05, 0.1) is 6.54 Å². The standard InChI is InChI=1S/C27H26F3N7O3/c1-2-3-4-18-7-13-22(14-8-18)37(26(39)31-21-11-15-23(16-12-21)40-27(28,29)30)17-19-5-9-20(10-6-19)24(38)32-25-33-35-36-34-25/h5-16H,2-4,17H2,1H3,(H,31,39)(H2,32,33,34,35,36,38). The molecule has 0 saturated heterocycles. The first-order valence-electron chi connectivity index (χ1n) is 12.4. The first-order chi connectivity index (χ1) is 19.2. The number of aromatic nitrogens is 4. The number of carbonyl (C=O) groups is 2. The summed E-state index contributed by atoms with van der Waals surface area (Å²) in [5, 5.41) is 18.2. The fraction of sp³-hybridized carbons (Fsp3) is 0.222. The second-order valence-electron chi connectivity index (χ2n) is 8.74. The Bertz CT molecular complexity index is 1390. The van der Waals surface area contributed by atoms with Gasteiger partial charge in [0.2, 0.25) is 0 Å². The lowest BCUT2D eigenvalue weighted by Gasteiger charge is -2.24. The fourth-order valence-corrected chi connectivity index (χ4v) is 3.77. The highest BCUT2D eigenvalue weighted by molar-refractivity contribution is 6.03. The zero-order valence-corrected chi connectivity index (χ0v) is 21.4. The van der Waals surface area contributed by atoms with Crippen molar-refractivity contribution in [1.29, 1.82) is 0 Å². The molecule has 0 aliphatic rings.